The Labute approximate surface area is 69.7 Å². The largest absolute Gasteiger partial charge is 0.457 e. The number of rotatable bonds is 1. The fourth-order valence-corrected chi connectivity index (χ4v) is 1.52. The summed E-state index contributed by atoms with van der Waals surface area (Å²) in [6.07, 6.45) is -2.78. The average molecular weight is 182 g/mol. The van der Waals surface area contributed by atoms with E-state index in [9.17, 15) is 13.2 Å². The molecular weight excluding hydrogens is 169 g/mol. The first-order valence-electron chi connectivity index (χ1n) is 4.00. The maximum Gasteiger partial charge on any atom is 0.457 e. The highest BCUT2D eigenvalue weighted by molar-refractivity contribution is 4.76. The number of likely N-dealkylation sites (tertiary alicyclic amines) is 1. The molecule has 0 aromatic rings. The summed E-state index contributed by atoms with van der Waals surface area (Å²) in [5.41, 5.74) is 0. The molecule has 0 amide bonds. The van der Waals surface area contributed by atoms with Crippen molar-refractivity contribution in [3.63, 3.8) is 0 Å². The van der Waals surface area contributed by atoms with Gasteiger partial charge in [0.2, 0.25) is 0 Å². The Balaban J connectivity index is 2.32. The zero-order valence-corrected chi connectivity index (χ0v) is 6.99. The Bertz CT molecular complexity index is 146. The number of nitrogens with zero attached hydrogens (tertiary/aromatic N) is 1. The van der Waals surface area contributed by atoms with Gasteiger partial charge in [-0.15, -0.1) is 0 Å². The Morgan fingerprint density at radius 1 is 1.42 bits per heavy atom. The van der Waals surface area contributed by atoms with Gasteiger partial charge in [-0.2, -0.15) is 13.2 Å². The molecule has 0 aromatic carbocycles. The normalized spacial score (nSPS) is 27.5. The predicted molar refractivity (Wildman–Crippen MR) is 39.7 cm³/mol. The van der Waals surface area contributed by atoms with Crippen LogP contribution >= 0.6 is 0 Å². The summed E-state index contributed by atoms with van der Waals surface area (Å²) in [6.45, 7) is 1.38. The molecule has 0 unspecified atom stereocenters. The molecule has 0 aliphatic carbocycles. The van der Waals surface area contributed by atoms with Crippen LogP contribution in [0.3, 0.4) is 0 Å². The van der Waals surface area contributed by atoms with Crippen molar-refractivity contribution in [3.8, 4) is 0 Å². The van der Waals surface area contributed by atoms with Gasteiger partial charge in [-0.25, -0.2) is 5.32 Å². The minimum atomic E-state index is -4.23. The average Bonchev–Trinajstić information content (AvgIpc) is 1.82. The van der Waals surface area contributed by atoms with Crippen LogP contribution in [-0.2, 0) is 0 Å². The number of hydrogen-bond acceptors (Lipinski definition) is 2. The van der Waals surface area contributed by atoms with Crippen molar-refractivity contribution in [3.05, 3.63) is 0 Å². The molecule has 1 heterocycles. The van der Waals surface area contributed by atoms with Crippen molar-refractivity contribution in [1.29, 1.82) is 0 Å². The first-order valence-corrected chi connectivity index (χ1v) is 4.00. The molecule has 2 nitrogen and oxygen atoms in total. The van der Waals surface area contributed by atoms with Crippen LogP contribution in [-0.4, -0.2) is 37.4 Å². The maximum absolute atomic E-state index is 11.8. The van der Waals surface area contributed by atoms with Gasteiger partial charge in [-0.05, 0) is 26.4 Å². The van der Waals surface area contributed by atoms with Gasteiger partial charge in [-0.3, -0.25) is 0 Å². The second kappa shape index (κ2) is 3.62. The van der Waals surface area contributed by atoms with E-state index in [-0.39, 0.29) is 0 Å². The quantitative estimate of drug-likeness (QED) is 0.613. The molecule has 0 bridgehead atoms. The van der Waals surface area contributed by atoms with Crippen LogP contribution in [0.2, 0.25) is 0 Å². The number of hydrogen-bond donors (Lipinski definition) is 1. The van der Waals surface area contributed by atoms with Gasteiger partial charge in [-0.1, -0.05) is 0 Å². The molecule has 1 aliphatic rings. The Morgan fingerprint density at radius 3 is 2.58 bits per heavy atom. The van der Waals surface area contributed by atoms with Crippen molar-refractivity contribution in [2.45, 2.75) is 25.2 Å². The van der Waals surface area contributed by atoms with E-state index < -0.39 is 12.3 Å². The van der Waals surface area contributed by atoms with Crippen LogP contribution in [0, 0.1) is 0 Å². The molecule has 1 aliphatic heterocycles. The van der Waals surface area contributed by atoms with Crippen LogP contribution in [0.5, 0.6) is 0 Å². The Hall–Kier alpha value is -0.290. The molecule has 1 saturated heterocycles. The van der Waals surface area contributed by atoms with Crippen LogP contribution < -0.4 is 5.32 Å². The highest BCUT2D eigenvalue weighted by Gasteiger charge is 2.32. The summed E-state index contributed by atoms with van der Waals surface area (Å²) in [4.78, 5) is 1.91. The third-order valence-corrected chi connectivity index (χ3v) is 1.99. The minimum absolute atomic E-state index is 0.427. The zero-order chi connectivity index (χ0) is 9.19. The summed E-state index contributed by atoms with van der Waals surface area (Å²) < 4.78 is 35.5. The molecule has 0 spiro atoms. The smallest absolute Gasteiger partial charge is 0.305 e. The van der Waals surface area contributed by atoms with E-state index in [0.29, 0.717) is 13.0 Å². The van der Waals surface area contributed by atoms with Gasteiger partial charge in [0.05, 0.1) is 0 Å². The van der Waals surface area contributed by atoms with E-state index in [0.717, 1.165) is 13.0 Å². The van der Waals surface area contributed by atoms with E-state index in [1.165, 1.54) is 0 Å². The minimum Gasteiger partial charge on any atom is -0.305 e. The van der Waals surface area contributed by atoms with Gasteiger partial charge in [0.25, 0.3) is 0 Å². The van der Waals surface area contributed by atoms with Gasteiger partial charge >= 0.3 is 6.30 Å². The fraction of sp³-hybridized carbons (Fsp3) is 1.00. The van der Waals surface area contributed by atoms with E-state index in [4.69, 9.17) is 0 Å². The molecule has 12 heavy (non-hydrogen) atoms. The third kappa shape index (κ3) is 3.40. The highest BCUT2D eigenvalue weighted by atomic mass is 19.4. The number of halogens is 3. The van der Waals surface area contributed by atoms with Crippen LogP contribution in [0.25, 0.3) is 0 Å². The molecule has 1 rings (SSSR count). The highest BCUT2D eigenvalue weighted by Crippen LogP contribution is 2.15. The van der Waals surface area contributed by atoms with Gasteiger partial charge in [0.1, 0.15) is 0 Å². The summed E-state index contributed by atoms with van der Waals surface area (Å²) in [5.74, 6) is 0. The SMILES string of the molecule is CN1CCC[C@@H](NC(F)(F)F)C1. The zero-order valence-electron chi connectivity index (χ0n) is 6.99. The Kier molecular flexibility index (Phi) is 2.95. The van der Waals surface area contributed by atoms with Crippen LogP contribution in [0.1, 0.15) is 12.8 Å². The second-order valence-corrected chi connectivity index (χ2v) is 3.24. The third-order valence-electron chi connectivity index (χ3n) is 1.99. The second-order valence-electron chi connectivity index (χ2n) is 3.24. The maximum atomic E-state index is 11.8. The monoisotopic (exact) mass is 182 g/mol. The lowest BCUT2D eigenvalue weighted by molar-refractivity contribution is -0.166. The number of alkyl halides is 3. The van der Waals surface area contributed by atoms with Crippen molar-refractivity contribution in [1.82, 2.24) is 10.2 Å². The van der Waals surface area contributed by atoms with E-state index >= 15 is 0 Å². The van der Waals surface area contributed by atoms with Crippen LogP contribution in [0.4, 0.5) is 13.2 Å². The molecule has 1 atom stereocenters. The van der Waals surface area contributed by atoms with Crippen LogP contribution in [0.15, 0.2) is 0 Å². The predicted octanol–water partition coefficient (Wildman–Crippen LogP) is 1.19. The standard InChI is InChI=1S/C7H13F3N2/c1-12-4-2-3-6(5-12)11-7(8,9)10/h6,11H,2-5H2,1H3/t6-/m1/s1. The van der Waals surface area contributed by atoms with Crippen molar-refractivity contribution in [2.75, 3.05) is 20.1 Å². The topological polar surface area (TPSA) is 15.3 Å². The first-order chi connectivity index (χ1) is 5.47. The number of piperidine rings is 1. The van der Waals surface area contributed by atoms with E-state index in [1.54, 1.807) is 5.32 Å². The number of likely N-dealkylation sites (N-methyl/N-ethyl adjacent to an activating group) is 1. The first kappa shape index (κ1) is 9.80. The molecule has 5 heteroatoms. The van der Waals surface area contributed by atoms with Crippen molar-refractivity contribution < 1.29 is 13.2 Å². The molecule has 0 aromatic heterocycles. The summed E-state index contributed by atoms with van der Waals surface area (Å²) in [7, 11) is 1.84. The lowest BCUT2D eigenvalue weighted by Gasteiger charge is -2.30. The Morgan fingerprint density at radius 2 is 2.08 bits per heavy atom. The van der Waals surface area contributed by atoms with Gasteiger partial charge in [0.15, 0.2) is 0 Å². The molecular formula is C7H13F3N2. The molecule has 72 valence electrons. The molecule has 0 radical (unpaired) electrons. The lowest BCUT2D eigenvalue weighted by Crippen LogP contribution is -2.49. The molecule has 1 N–H and O–H groups in total. The summed E-state index contributed by atoms with van der Waals surface area (Å²) in [6, 6.07) is -0.427. The lowest BCUT2D eigenvalue weighted by atomic mass is 10.1. The van der Waals surface area contributed by atoms with Gasteiger partial charge < -0.3 is 4.90 Å². The molecule has 0 saturated carbocycles. The van der Waals surface area contributed by atoms with Crippen molar-refractivity contribution in [2.24, 2.45) is 0 Å². The van der Waals surface area contributed by atoms with E-state index in [2.05, 4.69) is 0 Å². The fourth-order valence-electron chi connectivity index (χ4n) is 1.52. The van der Waals surface area contributed by atoms with Crippen molar-refractivity contribution >= 4 is 0 Å². The van der Waals surface area contributed by atoms with E-state index in [1.807, 2.05) is 11.9 Å². The number of nitrogens with one attached hydrogen (secondary N) is 1. The van der Waals surface area contributed by atoms with Gasteiger partial charge in [0, 0.05) is 12.6 Å². The summed E-state index contributed by atoms with van der Waals surface area (Å²) in [5, 5.41) is 1.65. The molecule has 1 fully saturated rings. The summed E-state index contributed by atoms with van der Waals surface area (Å²) >= 11 is 0.